The Hall–Kier alpha value is -0.851. The molecule has 2 bridgehead atoms. The van der Waals surface area contributed by atoms with Crippen LogP contribution < -0.4 is 4.46 Å². The Morgan fingerprint density at radius 1 is 1.18 bits per heavy atom. The summed E-state index contributed by atoms with van der Waals surface area (Å²) in [6.45, 7) is 2.25. The summed E-state index contributed by atoms with van der Waals surface area (Å²) in [5.74, 6) is 2.06. The van der Waals surface area contributed by atoms with Crippen LogP contribution in [0.15, 0.2) is 42.5 Å². The van der Waals surface area contributed by atoms with E-state index in [9.17, 15) is 4.79 Å². The van der Waals surface area contributed by atoms with Crippen molar-refractivity contribution in [2.24, 2.45) is 23.7 Å². The van der Waals surface area contributed by atoms with Crippen molar-refractivity contribution < 1.29 is 4.79 Å². The molecule has 0 heterocycles. The Balaban J connectivity index is 1.73. The van der Waals surface area contributed by atoms with Crippen molar-refractivity contribution in [1.82, 2.24) is 0 Å². The normalized spacial score (nSPS) is 34.2. The van der Waals surface area contributed by atoms with Crippen LogP contribution in [0.3, 0.4) is 0 Å². The van der Waals surface area contributed by atoms with Gasteiger partial charge in [-0.15, -0.1) is 0 Å². The molecule has 0 spiro atoms. The van der Waals surface area contributed by atoms with E-state index in [0.717, 1.165) is 0 Å². The summed E-state index contributed by atoms with van der Waals surface area (Å²) in [6.07, 6.45) is 5.80. The van der Waals surface area contributed by atoms with Crippen molar-refractivity contribution in [3.63, 3.8) is 0 Å². The van der Waals surface area contributed by atoms with E-state index in [4.69, 9.17) is 0 Å². The molecule has 0 radical (unpaired) electrons. The van der Waals surface area contributed by atoms with Gasteiger partial charge in [-0.05, 0) is 0 Å². The number of fused-ring (bicyclic) bond motifs is 2. The van der Waals surface area contributed by atoms with Crippen LogP contribution in [0.2, 0.25) is 0 Å². The number of hydrogen-bond acceptors (Lipinski definition) is 1. The minimum absolute atomic E-state index is 0.00148. The summed E-state index contributed by atoms with van der Waals surface area (Å²) in [5.41, 5.74) is 0. The van der Waals surface area contributed by atoms with Crippen LogP contribution >= 0.6 is 0 Å². The van der Waals surface area contributed by atoms with Crippen LogP contribution in [0.1, 0.15) is 13.3 Å². The van der Waals surface area contributed by atoms with E-state index in [1.54, 1.807) is 0 Å². The molecule has 4 atom stereocenters. The summed E-state index contributed by atoms with van der Waals surface area (Å²) < 4.78 is 1.71. The number of rotatable bonds is 3. The zero-order valence-corrected chi connectivity index (χ0v) is 11.6. The maximum atomic E-state index is 12.4. The zero-order chi connectivity index (χ0) is 11.8. The van der Waals surface area contributed by atoms with Crippen LogP contribution in [0, 0.1) is 23.7 Å². The number of benzene rings is 1. The molecule has 2 aliphatic rings. The Morgan fingerprint density at radius 2 is 1.88 bits per heavy atom. The van der Waals surface area contributed by atoms with Crippen molar-refractivity contribution in [3.05, 3.63) is 42.5 Å². The van der Waals surface area contributed by atoms with Gasteiger partial charge >= 0.3 is 108 Å². The first kappa shape index (κ1) is 11.3. The molecule has 0 saturated heterocycles. The quantitative estimate of drug-likeness (QED) is 0.615. The van der Waals surface area contributed by atoms with Crippen molar-refractivity contribution in [2.45, 2.75) is 13.3 Å². The predicted octanol–water partition coefficient (Wildman–Crippen LogP) is 2.00. The summed E-state index contributed by atoms with van der Waals surface area (Å²) >= 11 is -0.00148. The first-order chi connectivity index (χ1) is 8.25. The third-order valence-electron chi connectivity index (χ3n) is 4.09. The monoisotopic (exact) mass is 292 g/mol. The second-order valence-electron chi connectivity index (χ2n) is 5.07. The van der Waals surface area contributed by atoms with Gasteiger partial charge in [0.15, 0.2) is 0 Å². The van der Waals surface area contributed by atoms with Gasteiger partial charge in [0.05, 0.1) is 0 Å². The minimum atomic E-state index is -0.00148. The fourth-order valence-corrected chi connectivity index (χ4v) is 5.34. The molecule has 1 aromatic carbocycles. The van der Waals surface area contributed by atoms with Gasteiger partial charge in [-0.3, -0.25) is 0 Å². The second kappa shape index (κ2) is 4.44. The standard InChI is InChI=1S/C15H16OSe/c1-10-11-7-8-12(9-11)14(10)15(16)17-13-5-3-2-4-6-13/h2-8,10-12,14H,9H2,1H3/t10-,11+,12-,14+/m1/s1. The van der Waals surface area contributed by atoms with Gasteiger partial charge in [0, 0.05) is 0 Å². The molecule has 0 aliphatic heterocycles. The third-order valence-corrected chi connectivity index (χ3v) is 6.15. The summed E-state index contributed by atoms with van der Waals surface area (Å²) in [6, 6.07) is 10.2. The molecule has 1 nitrogen and oxygen atoms in total. The molecule has 88 valence electrons. The van der Waals surface area contributed by atoms with Crippen molar-refractivity contribution in [3.8, 4) is 0 Å². The molecular weight excluding hydrogens is 275 g/mol. The number of hydrogen-bond donors (Lipinski definition) is 0. The van der Waals surface area contributed by atoms with E-state index in [0.29, 0.717) is 28.4 Å². The number of allylic oxidation sites excluding steroid dienone is 2. The molecule has 3 rings (SSSR count). The van der Waals surface area contributed by atoms with E-state index in [2.05, 4.69) is 31.2 Å². The van der Waals surface area contributed by atoms with E-state index in [-0.39, 0.29) is 15.0 Å². The second-order valence-corrected chi connectivity index (χ2v) is 7.33. The molecule has 0 aromatic heterocycles. The van der Waals surface area contributed by atoms with Crippen LogP contribution in [0.5, 0.6) is 0 Å². The van der Waals surface area contributed by atoms with Gasteiger partial charge in [0.25, 0.3) is 0 Å². The van der Waals surface area contributed by atoms with Crippen molar-refractivity contribution in [2.75, 3.05) is 0 Å². The van der Waals surface area contributed by atoms with Gasteiger partial charge in [-0.25, -0.2) is 0 Å². The van der Waals surface area contributed by atoms with Gasteiger partial charge in [0.2, 0.25) is 0 Å². The fraction of sp³-hybridized carbons (Fsp3) is 0.400. The molecule has 0 amide bonds. The molecule has 0 N–H and O–H groups in total. The molecule has 1 saturated carbocycles. The molecule has 1 fully saturated rings. The number of carbonyl (C=O) groups excluding carboxylic acids is 1. The first-order valence-electron chi connectivity index (χ1n) is 6.21. The predicted molar refractivity (Wildman–Crippen MR) is 70.2 cm³/mol. The molecule has 1 aromatic rings. The average molecular weight is 291 g/mol. The molecule has 17 heavy (non-hydrogen) atoms. The third kappa shape index (κ3) is 2.00. The fourth-order valence-electron chi connectivity index (χ4n) is 3.13. The van der Waals surface area contributed by atoms with E-state index >= 15 is 0 Å². The van der Waals surface area contributed by atoms with Crippen LogP contribution in [-0.2, 0) is 4.79 Å². The van der Waals surface area contributed by atoms with E-state index < -0.39 is 0 Å². The van der Waals surface area contributed by atoms with E-state index in [1.165, 1.54) is 10.9 Å². The zero-order valence-electron chi connectivity index (χ0n) is 9.87. The Morgan fingerprint density at radius 3 is 2.53 bits per heavy atom. The van der Waals surface area contributed by atoms with Gasteiger partial charge in [-0.1, -0.05) is 0 Å². The summed E-state index contributed by atoms with van der Waals surface area (Å²) in [5, 5.41) is 0. The molecule has 2 aliphatic carbocycles. The van der Waals surface area contributed by atoms with Crippen LogP contribution in [0.25, 0.3) is 0 Å². The summed E-state index contributed by atoms with van der Waals surface area (Å²) in [4.78, 5) is 12.4. The molecule has 2 heteroatoms. The van der Waals surface area contributed by atoms with Gasteiger partial charge in [-0.2, -0.15) is 0 Å². The van der Waals surface area contributed by atoms with Crippen LogP contribution in [0.4, 0.5) is 0 Å². The average Bonchev–Trinajstić information content (AvgIpc) is 2.90. The molecule has 0 unspecified atom stereocenters. The Kier molecular flexibility index (Phi) is 2.94. The maximum absolute atomic E-state index is 12.4. The van der Waals surface area contributed by atoms with Crippen molar-refractivity contribution in [1.29, 1.82) is 0 Å². The van der Waals surface area contributed by atoms with Gasteiger partial charge < -0.3 is 0 Å². The first-order valence-corrected chi connectivity index (χ1v) is 7.92. The van der Waals surface area contributed by atoms with Gasteiger partial charge in [0.1, 0.15) is 0 Å². The van der Waals surface area contributed by atoms with Crippen LogP contribution in [-0.4, -0.2) is 19.6 Å². The van der Waals surface area contributed by atoms with Crippen molar-refractivity contribution >= 4 is 24.1 Å². The van der Waals surface area contributed by atoms with E-state index in [1.807, 2.05) is 18.2 Å². The SMILES string of the molecule is C[C@H]1[C@H](C(=O)[Se]c2ccccc2)[C@@H]2C=C[C@H]1C2. The Bertz CT molecular complexity index is 451. The topological polar surface area (TPSA) is 17.1 Å². The Labute approximate surface area is 108 Å². The number of carbonyl (C=O) groups is 1. The molecular formula is C15H16OSe. The summed E-state index contributed by atoms with van der Waals surface area (Å²) in [7, 11) is 0.